The maximum absolute atomic E-state index is 15.0. The molecular formula is C32H39FN6O6S. The Hall–Kier alpha value is -4.22. The zero-order chi connectivity index (χ0) is 33.4. The van der Waals surface area contributed by atoms with E-state index in [4.69, 9.17) is 9.47 Å². The summed E-state index contributed by atoms with van der Waals surface area (Å²) in [6.07, 6.45) is 5.41. The average Bonchev–Trinajstić information content (AvgIpc) is 3.41. The predicted octanol–water partition coefficient (Wildman–Crippen LogP) is 5.55. The van der Waals surface area contributed by atoms with E-state index < -0.39 is 27.4 Å². The minimum absolute atomic E-state index is 0.0201. The number of piperidine rings is 1. The monoisotopic (exact) mass is 654 g/mol. The number of rotatable bonds is 7. The summed E-state index contributed by atoms with van der Waals surface area (Å²) in [4.78, 5) is 32.6. The van der Waals surface area contributed by atoms with Crippen LogP contribution in [0, 0.1) is 22.6 Å². The van der Waals surface area contributed by atoms with Gasteiger partial charge in [0.05, 0.1) is 22.9 Å². The summed E-state index contributed by atoms with van der Waals surface area (Å²) in [7, 11) is -2.62. The molecule has 1 spiro atoms. The second kappa shape index (κ2) is 12.5. The van der Waals surface area contributed by atoms with E-state index in [1.165, 1.54) is 19.2 Å². The molecule has 2 heterocycles. The minimum Gasteiger partial charge on any atom is -0.453 e. The number of fused-ring (bicyclic) bond motifs is 1. The van der Waals surface area contributed by atoms with E-state index in [1.54, 1.807) is 28.8 Å². The first kappa shape index (κ1) is 33.2. The number of hydrogen-bond donors (Lipinski definition) is 1. The van der Waals surface area contributed by atoms with E-state index in [0.717, 1.165) is 48.5 Å². The van der Waals surface area contributed by atoms with Gasteiger partial charge in [-0.3, -0.25) is 14.1 Å². The van der Waals surface area contributed by atoms with Crippen molar-refractivity contribution in [2.45, 2.75) is 71.4 Å². The maximum Gasteiger partial charge on any atom is 0.410 e. The number of benzene rings is 2. The van der Waals surface area contributed by atoms with Gasteiger partial charge >= 0.3 is 16.3 Å². The Bertz CT molecular complexity index is 1860. The summed E-state index contributed by atoms with van der Waals surface area (Å²) in [5.74, 6) is -1.26. The number of nitrogens with one attached hydrogen (secondary N) is 1. The first-order valence-corrected chi connectivity index (χ1v) is 16.7. The second-order valence-corrected chi connectivity index (χ2v) is 14.8. The number of likely N-dealkylation sites (tertiary alicyclic amines) is 1. The topological polar surface area (TPSA) is 147 Å². The molecule has 0 bridgehead atoms. The van der Waals surface area contributed by atoms with Crippen LogP contribution in [0.25, 0.3) is 10.9 Å². The first-order chi connectivity index (χ1) is 21.6. The van der Waals surface area contributed by atoms with Crippen LogP contribution in [0.1, 0.15) is 71.4 Å². The Labute approximate surface area is 267 Å². The van der Waals surface area contributed by atoms with E-state index in [2.05, 4.69) is 9.71 Å². The number of anilines is 1. The smallest absolute Gasteiger partial charge is 0.410 e. The summed E-state index contributed by atoms with van der Waals surface area (Å²) < 4.78 is 56.4. The van der Waals surface area contributed by atoms with Gasteiger partial charge in [0.25, 0.3) is 5.56 Å². The van der Waals surface area contributed by atoms with Gasteiger partial charge in [0.15, 0.2) is 11.6 Å². The third-order valence-electron chi connectivity index (χ3n) is 8.84. The van der Waals surface area contributed by atoms with Crippen molar-refractivity contribution >= 4 is 32.9 Å². The van der Waals surface area contributed by atoms with Crippen molar-refractivity contribution in [2.75, 3.05) is 31.4 Å². The summed E-state index contributed by atoms with van der Waals surface area (Å²) in [5, 5.41) is 10.1. The molecule has 12 nitrogen and oxygen atoms in total. The van der Waals surface area contributed by atoms with Crippen LogP contribution in [-0.2, 0) is 14.9 Å². The molecule has 1 saturated carbocycles. The van der Waals surface area contributed by atoms with E-state index in [1.807, 2.05) is 26.8 Å². The fourth-order valence-corrected chi connectivity index (χ4v) is 7.10. The van der Waals surface area contributed by atoms with Crippen LogP contribution in [0.4, 0.5) is 14.9 Å². The molecule has 14 heteroatoms. The molecule has 1 amide bonds. The molecule has 46 heavy (non-hydrogen) atoms. The van der Waals surface area contributed by atoms with E-state index in [-0.39, 0.29) is 52.0 Å². The van der Waals surface area contributed by atoms with Crippen molar-refractivity contribution in [3.63, 3.8) is 0 Å². The Balaban J connectivity index is 1.36. The number of nitriles is 1. The Morgan fingerprint density at radius 3 is 2.59 bits per heavy atom. The van der Waals surface area contributed by atoms with Crippen molar-refractivity contribution in [1.82, 2.24) is 18.8 Å². The van der Waals surface area contributed by atoms with E-state index >= 15 is 0 Å². The first-order valence-electron chi connectivity index (χ1n) is 15.3. The lowest BCUT2D eigenvalue weighted by Gasteiger charge is -2.40. The lowest BCUT2D eigenvalue weighted by atomic mass is 9.77. The van der Waals surface area contributed by atoms with Gasteiger partial charge in [-0.05, 0) is 88.6 Å². The lowest BCUT2D eigenvalue weighted by molar-refractivity contribution is 0.0103. The molecule has 1 atom stereocenters. The van der Waals surface area contributed by atoms with Gasteiger partial charge in [-0.1, -0.05) is 6.92 Å². The molecule has 1 N–H and O–H groups in total. The van der Waals surface area contributed by atoms with Gasteiger partial charge in [0.1, 0.15) is 23.0 Å². The Kier molecular flexibility index (Phi) is 9.03. The molecule has 1 aliphatic heterocycles. The maximum atomic E-state index is 15.0. The standard InChI is InChI=1S/C32H39FN6O6S/c1-6-37(5)46(42,43)36-27-10-8-25(33)28(24(27)19-34)44-22-7-9-26-23(17-22)29(40)39(20-35-26)21-11-12-32(18-21)13-15-38(16-14-32)30(41)45-31(2,3)4/h7-10,17,20-21,36H,6,11-16,18H2,1-5H3. The number of halogens is 1. The molecule has 246 valence electrons. The van der Waals surface area contributed by atoms with Gasteiger partial charge in [-0.15, -0.1) is 0 Å². The van der Waals surface area contributed by atoms with Gasteiger partial charge in [-0.25, -0.2) is 14.2 Å². The fraction of sp³-hybridized carbons (Fsp3) is 0.500. The van der Waals surface area contributed by atoms with Gasteiger partial charge in [-0.2, -0.15) is 18.0 Å². The molecule has 2 aliphatic rings. The number of carbonyl (C=O) groups is 1. The summed E-state index contributed by atoms with van der Waals surface area (Å²) >= 11 is 0. The third kappa shape index (κ3) is 6.80. The molecule has 5 rings (SSSR count). The summed E-state index contributed by atoms with van der Waals surface area (Å²) in [6, 6.07) is 8.44. The number of hydrogen-bond acceptors (Lipinski definition) is 8. The van der Waals surface area contributed by atoms with Gasteiger partial charge < -0.3 is 14.4 Å². The number of ether oxygens (including phenoxy) is 2. The van der Waals surface area contributed by atoms with Crippen LogP contribution in [0.2, 0.25) is 0 Å². The second-order valence-electron chi connectivity index (χ2n) is 13.0. The fourth-order valence-electron chi connectivity index (χ4n) is 6.15. The molecule has 1 saturated heterocycles. The zero-order valence-electron chi connectivity index (χ0n) is 26.7. The normalized spacial score (nSPS) is 18.1. The lowest BCUT2D eigenvalue weighted by Crippen LogP contribution is -2.44. The average molecular weight is 655 g/mol. The number of nitrogens with zero attached hydrogens (tertiary/aromatic N) is 5. The SMILES string of the molecule is CCN(C)S(=O)(=O)Nc1ccc(F)c(Oc2ccc3ncn(C4CCC5(CCN(C(=O)OC(C)(C)C)CC5)C4)c(=O)c3c2)c1C#N. The van der Waals surface area contributed by atoms with Crippen LogP contribution in [0.3, 0.4) is 0 Å². The number of carbonyl (C=O) groups excluding carboxylic acids is 1. The molecule has 0 radical (unpaired) electrons. The molecule has 1 aromatic heterocycles. The molecular weight excluding hydrogens is 615 g/mol. The summed E-state index contributed by atoms with van der Waals surface area (Å²) in [6.45, 7) is 8.58. The van der Waals surface area contributed by atoms with Crippen LogP contribution in [0.15, 0.2) is 41.5 Å². The van der Waals surface area contributed by atoms with Crippen LogP contribution in [0.5, 0.6) is 11.5 Å². The van der Waals surface area contributed by atoms with Crippen molar-refractivity contribution in [3.8, 4) is 17.6 Å². The van der Waals surface area contributed by atoms with Crippen LogP contribution in [-0.4, -0.2) is 65.6 Å². The van der Waals surface area contributed by atoms with E-state index in [0.29, 0.717) is 18.6 Å². The Morgan fingerprint density at radius 1 is 1.22 bits per heavy atom. The molecule has 2 fully saturated rings. The number of aromatic nitrogens is 2. The quantitative estimate of drug-likeness (QED) is 0.349. The number of amides is 1. The van der Waals surface area contributed by atoms with Crippen molar-refractivity contribution in [3.05, 3.63) is 58.4 Å². The third-order valence-corrected chi connectivity index (χ3v) is 10.4. The minimum atomic E-state index is -3.99. The van der Waals surface area contributed by atoms with Crippen molar-refractivity contribution in [2.24, 2.45) is 5.41 Å². The van der Waals surface area contributed by atoms with Gasteiger partial charge in [0, 0.05) is 32.7 Å². The molecule has 1 aliphatic carbocycles. The highest BCUT2D eigenvalue weighted by atomic mass is 32.2. The van der Waals surface area contributed by atoms with E-state index in [9.17, 15) is 27.7 Å². The van der Waals surface area contributed by atoms with Crippen molar-refractivity contribution < 1.29 is 27.1 Å². The highest BCUT2D eigenvalue weighted by Gasteiger charge is 2.43. The largest absolute Gasteiger partial charge is 0.453 e. The molecule has 1 unspecified atom stereocenters. The highest BCUT2D eigenvalue weighted by Crippen LogP contribution is 2.50. The van der Waals surface area contributed by atoms with Crippen molar-refractivity contribution in [1.29, 1.82) is 5.26 Å². The zero-order valence-corrected chi connectivity index (χ0v) is 27.5. The van der Waals surface area contributed by atoms with Gasteiger partial charge in [0.2, 0.25) is 0 Å². The predicted molar refractivity (Wildman–Crippen MR) is 170 cm³/mol. The van der Waals surface area contributed by atoms with Crippen LogP contribution >= 0.6 is 0 Å². The molecule has 2 aromatic carbocycles. The highest BCUT2D eigenvalue weighted by molar-refractivity contribution is 7.90. The summed E-state index contributed by atoms with van der Waals surface area (Å²) in [5.41, 5.74) is -0.860. The van der Waals surface area contributed by atoms with Crippen LogP contribution < -0.4 is 15.0 Å². The molecule has 3 aromatic rings. The Morgan fingerprint density at radius 2 is 1.93 bits per heavy atom.